The number of halogens is 1. The van der Waals surface area contributed by atoms with Gasteiger partial charge in [-0.05, 0) is 53.4 Å². The molecule has 0 unspecified atom stereocenters. The van der Waals surface area contributed by atoms with Gasteiger partial charge in [0.2, 0.25) is 5.82 Å². The topological polar surface area (TPSA) is 69.6 Å². The Labute approximate surface area is 207 Å². The molecule has 5 rings (SSSR count). The first-order valence-electron chi connectivity index (χ1n) is 11.3. The fourth-order valence-corrected chi connectivity index (χ4v) is 3.86. The van der Waals surface area contributed by atoms with Gasteiger partial charge in [-0.3, -0.25) is 4.79 Å². The third-order valence-corrected chi connectivity index (χ3v) is 5.63. The maximum atomic E-state index is 13.4. The predicted molar refractivity (Wildman–Crippen MR) is 141 cm³/mol. The van der Waals surface area contributed by atoms with Crippen LogP contribution in [0.25, 0.3) is 33.5 Å². The molecule has 0 spiro atoms. The second-order valence-corrected chi connectivity index (χ2v) is 9.91. The van der Waals surface area contributed by atoms with E-state index in [9.17, 15) is 4.79 Å². The number of benzene rings is 3. The van der Waals surface area contributed by atoms with Crippen LogP contribution in [0.4, 0.5) is 0 Å². The van der Waals surface area contributed by atoms with Gasteiger partial charge < -0.3 is 9.15 Å². The maximum Gasteiger partial charge on any atom is 0.282 e. The van der Waals surface area contributed by atoms with Crippen LogP contribution in [0.1, 0.15) is 26.3 Å². The molecule has 7 heteroatoms. The summed E-state index contributed by atoms with van der Waals surface area (Å²) in [6.45, 7) is 6.82. The fraction of sp³-hybridized carbons (Fsp3) is 0.179. The number of hydrogen-bond acceptors (Lipinski definition) is 5. The summed E-state index contributed by atoms with van der Waals surface area (Å²) in [6.07, 6.45) is 1.57. The van der Waals surface area contributed by atoms with E-state index < -0.39 is 0 Å². The molecule has 0 saturated carbocycles. The van der Waals surface area contributed by atoms with E-state index in [4.69, 9.17) is 25.7 Å². The Morgan fingerprint density at radius 1 is 1.06 bits per heavy atom. The highest BCUT2D eigenvalue weighted by Crippen LogP contribution is 2.28. The van der Waals surface area contributed by atoms with Crippen molar-refractivity contribution in [3.63, 3.8) is 0 Å². The maximum absolute atomic E-state index is 13.4. The molecule has 0 fully saturated rings. The zero-order valence-electron chi connectivity index (χ0n) is 19.7. The van der Waals surface area contributed by atoms with Crippen LogP contribution in [0.2, 0.25) is 5.02 Å². The Kier molecular flexibility index (Phi) is 5.91. The quantitative estimate of drug-likeness (QED) is 0.257. The Hall–Kier alpha value is -3.90. The van der Waals surface area contributed by atoms with Crippen molar-refractivity contribution in [2.45, 2.75) is 20.8 Å². The van der Waals surface area contributed by atoms with Crippen LogP contribution in [0.3, 0.4) is 0 Å². The van der Waals surface area contributed by atoms with Crippen molar-refractivity contribution in [2.75, 3.05) is 6.61 Å². The van der Waals surface area contributed by atoms with Crippen molar-refractivity contribution < 1.29 is 9.15 Å². The van der Waals surface area contributed by atoms with Crippen LogP contribution < -0.4 is 10.3 Å². The average Bonchev–Trinajstić information content (AvgIpc) is 3.26. The number of nitrogens with zero attached hydrogens (tertiary/aromatic N) is 3. The molecule has 0 radical (unpaired) electrons. The van der Waals surface area contributed by atoms with Gasteiger partial charge in [-0.1, -0.05) is 62.7 Å². The Balaban J connectivity index is 1.57. The molecule has 2 aromatic heterocycles. The van der Waals surface area contributed by atoms with Gasteiger partial charge in [0.25, 0.3) is 5.56 Å². The highest BCUT2D eigenvalue weighted by Gasteiger charge is 2.16. The normalized spacial score (nSPS) is 12.1. The lowest BCUT2D eigenvalue weighted by Gasteiger charge is -2.19. The van der Waals surface area contributed by atoms with E-state index in [1.165, 1.54) is 4.68 Å². The molecule has 0 aliphatic rings. The van der Waals surface area contributed by atoms with Crippen molar-refractivity contribution in [3.05, 3.63) is 93.7 Å². The van der Waals surface area contributed by atoms with Gasteiger partial charge in [-0.2, -0.15) is 9.78 Å². The lowest BCUT2D eigenvalue weighted by Crippen LogP contribution is -2.20. The van der Waals surface area contributed by atoms with Crippen LogP contribution in [0.15, 0.2) is 87.1 Å². The number of fused-ring (bicyclic) bond motifs is 2. The summed E-state index contributed by atoms with van der Waals surface area (Å²) < 4.78 is 13.1. The largest absolute Gasteiger partial charge is 0.491 e. The molecule has 3 aromatic carbocycles. The number of para-hydroxylation sites is 2. The predicted octanol–water partition coefficient (Wildman–Crippen LogP) is 6.77. The number of rotatable bonds is 5. The summed E-state index contributed by atoms with van der Waals surface area (Å²) in [5.74, 6) is 1.37. The Bertz CT molecular complexity index is 1590. The lowest BCUT2D eigenvalue weighted by molar-refractivity contribution is 0.198. The summed E-state index contributed by atoms with van der Waals surface area (Å²) in [4.78, 5) is 18.1. The van der Waals surface area contributed by atoms with Crippen LogP contribution in [-0.4, -0.2) is 22.5 Å². The SMILES string of the molecule is CC(C)(C)COc1ccc(C=Nn2c(-c3cc4ccccc4o3)nc3ccccc3c2=O)cc1Cl. The summed E-state index contributed by atoms with van der Waals surface area (Å²) in [6, 6.07) is 22.1. The molecule has 0 atom stereocenters. The van der Waals surface area contributed by atoms with E-state index in [0.717, 1.165) is 5.39 Å². The standard InChI is InChI=1S/C28H24ClN3O3/c1-28(2,3)17-34-24-13-12-18(14-21(24)29)16-30-32-26(25-15-19-8-4-7-11-23(19)35-25)31-22-10-6-5-9-20(22)27(32)33/h4-16H,17H2,1-3H3. The molecule has 5 aromatic rings. The van der Waals surface area contributed by atoms with Crippen molar-refractivity contribution in [3.8, 4) is 17.3 Å². The molecule has 0 N–H and O–H groups in total. The number of hydrogen-bond donors (Lipinski definition) is 0. The molecule has 0 aliphatic heterocycles. The molecule has 2 heterocycles. The van der Waals surface area contributed by atoms with Crippen LogP contribution in [0, 0.1) is 5.41 Å². The highest BCUT2D eigenvalue weighted by molar-refractivity contribution is 6.32. The third kappa shape index (κ3) is 4.84. The van der Waals surface area contributed by atoms with E-state index >= 15 is 0 Å². The molecule has 35 heavy (non-hydrogen) atoms. The number of furan rings is 1. The first-order valence-corrected chi connectivity index (χ1v) is 11.6. The van der Waals surface area contributed by atoms with Gasteiger partial charge in [0.1, 0.15) is 11.3 Å². The minimum atomic E-state index is -0.293. The third-order valence-electron chi connectivity index (χ3n) is 5.34. The summed E-state index contributed by atoms with van der Waals surface area (Å²) in [5.41, 5.74) is 1.72. The molecule has 0 amide bonds. The minimum Gasteiger partial charge on any atom is -0.491 e. The van der Waals surface area contributed by atoms with Gasteiger partial charge in [0.15, 0.2) is 5.76 Å². The van der Waals surface area contributed by atoms with Crippen molar-refractivity contribution in [2.24, 2.45) is 10.5 Å². The fourth-order valence-electron chi connectivity index (χ4n) is 3.62. The zero-order chi connectivity index (χ0) is 24.6. The highest BCUT2D eigenvalue weighted by atomic mass is 35.5. The molecule has 0 saturated heterocycles. The molecule has 176 valence electrons. The van der Waals surface area contributed by atoms with E-state index in [0.29, 0.717) is 51.0 Å². The van der Waals surface area contributed by atoms with Crippen LogP contribution in [-0.2, 0) is 0 Å². The summed E-state index contributed by atoms with van der Waals surface area (Å²) >= 11 is 6.44. The smallest absolute Gasteiger partial charge is 0.282 e. The average molecular weight is 486 g/mol. The summed E-state index contributed by atoms with van der Waals surface area (Å²) in [5, 5.41) is 6.34. The molecular formula is C28H24ClN3O3. The molecule has 0 bridgehead atoms. The second kappa shape index (κ2) is 9.04. The van der Waals surface area contributed by atoms with Crippen LogP contribution >= 0.6 is 11.6 Å². The second-order valence-electron chi connectivity index (χ2n) is 9.50. The van der Waals surface area contributed by atoms with Gasteiger partial charge >= 0.3 is 0 Å². The molecule has 6 nitrogen and oxygen atoms in total. The van der Waals surface area contributed by atoms with Gasteiger partial charge in [-0.15, -0.1) is 0 Å². The monoisotopic (exact) mass is 485 g/mol. The zero-order valence-corrected chi connectivity index (χ0v) is 20.4. The van der Waals surface area contributed by atoms with Gasteiger partial charge in [0, 0.05) is 5.39 Å². The minimum absolute atomic E-state index is 0.0146. The lowest BCUT2D eigenvalue weighted by atomic mass is 9.99. The van der Waals surface area contributed by atoms with Crippen molar-refractivity contribution in [1.29, 1.82) is 0 Å². The first-order chi connectivity index (χ1) is 16.8. The first kappa shape index (κ1) is 22.9. The van der Waals surface area contributed by atoms with Gasteiger partial charge in [0.05, 0.1) is 28.7 Å². The van der Waals surface area contributed by atoms with E-state index in [1.807, 2.05) is 42.5 Å². The van der Waals surface area contributed by atoms with E-state index in [2.05, 4.69) is 25.9 Å². The number of aromatic nitrogens is 2. The molecular weight excluding hydrogens is 462 g/mol. The van der Waals surface area contributed by atoms with Gasteiger partial charge in [-0.25, -0.2) is 4.98 Å². The Morgan fingerprint density at radius 3 is 2.60 bits per heavy atom. The van der Waals surface area contributed by atoms with Crippen molar-refractivity contribution in [1.82, 2.24) is 9.66 Å². The molecule has 0 aliphatic carbocycles. The summed E-state index contributed by atoms with van der Waals surface area (Å²) in [7, 11) is 0. The number of ether oxygens (including phenoxy) is 1. The van der Waals surface area contributed by atoms with Crippen molar-refractivity contribution >= 4 is 39.7 Å². The van der Waals surface area contributed by atoms with Crippen LogP contribution in [0.5, 0.6) is 5.75 Å². The Morgan fingerprint density at radius 2 is 1.83 bits per heavy atom. The van der Waals surface area contributed by atoms with E-state index in [-0.39, 0.29) is 11.0 Å². The van der Waals surface area contributed by atoms with E-state index in [1.54, 1.807) is 36.5 Å².